The van der Waals surface area contributed by atoms with Gasteiger partial charge in [-0.2, -0.15) is 4.98 Å². The number of nitrogens with zero attached hydrogens (tertiary/aromatic N) is 3. The Bertz CT molecular complexity index is 1270. The number of rotatable bonds is 6. The zero-order valence-electron chi connectivity index (χ0n) is 19.2. The van der Waals surface area contributed by atoms with Crippen LogP contribution in [0.2, 0.25) is 0 Å². The topological polar surface area (TPSA) is 81.1 Å². The molecule has 2 N–H and O–H groups in total. The van der Waals surface area contributed by atoms with E-state index in [1.807, 2.05) is 47.1 Å². The van der Waals surface area contributed by atoms with Crippen LogP contribution in [-0.2, 0) is 11.2 Å². The second-order valence-corrected chi connectivity index (χ2v) is 8.55. The Morgan fingerprint density at radius 1 is 1.03 bits per heavy atom. The average Bonchev–Trinajstić information content (AvgIpc) is 3.27. The number of hydrogen-bond acceptors (Lipinski definition) is 5. The summed E-state index contributed by atoms with van der Waals surface area (Å²) in [6, 6.07) is 26.4. The molecule has 2 heterocycles. The van der Waals surface area contributed by atoms with E-state index in [4.69, 9.17) is 4.74 Å². The van der Waals surface area contributed by atoms with Crippen LogP contribution < -0.4 is 15.4 Å². The zero-order valence-corrected chi connectivity index (χ0v) is 19.2. The molecule has 172 valence electrons. The molecule has 0 spiro atoms. The highest BCUT2D eigenvalue weighted by atomic mass is 16.5. The number of benzene rings is 3. The van der Waals surface area contributed by atoms with Gasteiger partial charge in [0, 0.05) is 0 Å². The summed E-state index contributed by atoms with van der Waals surface area (Å²) in [7, 11) is 1.62. The Kier molecular flexibility index (Phi) is 5.99. The Balaban J connectivity index is 1.39. The minimum atomic E-state index is -0.167. The maximum atomic E-state index is 12.7. The van der Waals surface area contributed by atoms with Crippen LogP contribution in [0.1, 0.15) is 40.8 Å². The van der Waals surface area contributed by atoms with Crippen LogP contribution in [0, 0.1) is 6.92 Å². The van der Waals surface area contributed by atoms with Crippen LogP contribution >= 0.6 is 0 Å². The molecule has 7 nitrogen and oxygen atoms in total. The van der Waals surface area contributed by atoms with Crippen molar-refractivity contribution in [3.63, 3.8) is 0 Å². The Hall–Kier alpha value is -4.13. The lowest BCUT2D eigenvalue weighted by molar-refractivity contribution is -0.115. The van der Waals surface area contributed by atoms with Gasteiger partial charge in [-0.3, -0.25) is 10.1 Å². The summed E-state index contributed by atoms with van der Waals surface area (Å²) >= 11 is 0. The van der Waals surface area contributed by atoms with Crippen molar-refractivity contribution in [1.29, 1.82) is 0 Å². The maximum Gasteiger partial charge on any atom is 0.250 e. The molecule has 1 aliphatic rings. The van der Waals surface area contributed by atoms with Crippen molar-refractivity contribution < 1.29 is 9.53 Å². The van der Waals surface area contributed by atoms with Gasteiger partial charge in [0.2, 0.25) is 11.9 Å². The first-order chi connectivity index (χ1) is 16.6. The van der Waals surface area contributed by atoms with Gasteiger partial charge in [-0.15, -0.1) is 5.10 Å². The van der Waals surface area contributed by atoms with Gasteiger partial charge in [0.1, 0.15) is 5.75 Å². The summed E-state index contributed by atoms with van der Waals surface area (Å²) in [5.74, 6) is 1.53. The molecule has 7 heteroatoms. The normalized spacial score (nSPS) is 16.9. The molecule has 0 saturated carbocycles. The first-order valence-corrected chi connectivity index (χ1v) is 11.4. The second-order valence-electron chi connectivity index (χ2n) is 8.55. The zero-order chi connectivity index (χ0) is 23.5. The molecule has 0 fully saturated rings. The Labute approximate surface area is 198 Å². The SMILES string of the molecule is COc1ccc(CC(=O)Nc2nc3n(n2)[C@H](c2ccccc2)C[C@H](c2ccc(C)cc2)N3)cc1. The summed E-state index contributed by atoms with van der Waals surface area (Å²) in [6.45, 7) is 2.09. The minimum Gasteiger partial charge on any atom is -0.497 e. The van der Waals surface area contributed by atoms with E-state index in [0.717, 1.165) is 23.3 Å². The van der Waals surface area contributed by atoms with Crippen molar-refractivity contribution in [3.05, 3.63) is 101 Å². The molecule has 1 aliphatic heterocycles. The third-order valence-electron chi connectivity index (χ3n) is 6.13. The molecular formula is C27H27N5O2. The Morgan fingerprint density at radius 2 is 1.76 bits per heavy atom. The standard InChI is InChI=1S/C27H27N5O2/c1-18-8-12-20(13-9-18)23-17-24(21-6-4-3-5-7-21)32-27(28-23)30-26(31-32)29-25(33)16-19-10-14-22(34-2)15-11-19/h3-15,23-24H,16-17H2,1-2H3,(H2,28,29,30,31,33)/t23-,24+/m1/s1. The number of aromatic nitrogens is 3. The Morgan fingerprint density at radius 3 is 2.47 bits per heavy atom. The third kappa shape index (κ3) is 4.64. The molecule has 3 aromatic carbocycles. The summed E-state index contributed by atoms with van der Waals surface area (Å²) in [6.07, 6.45) is 1.05. The van der Waals surface area contributed by atoms with E-state index in [-0.39, 0.29) is 24.4 Å². The number of hydrogen-bond donors (Lipinski definition) is 2. The fraction of sp³-hybridized carbons (Fsp3) is 0.222. The lowest BCUT2D eigenvalue weighted by Gasteiger charge is -2.31. The highest BCUT2D eigenvalue weighted by Crippen LogP contribution is 2.38. The van der Waals surface area contributed by atoms with Gasteiger partial charge in [0.05, 0.1) is 25.6 Å². The number of aryl methyl sites for hydroxylation is 1. The van der Waals surface area contributed by atoms with Crippen LogP contribution in [0.25, 0.3) is 0 Å². The largest absolute Gasteiger partial charge is 0.497 e. The molecule has 4 aromatic rings. The average molecular weight is 454 g/mol. The van der Waals surface area contributed by atoms with Crippen molar-refractivity contribution >= 4 is 17.8 Å². The molecule has 34 heavy (non-hydrogen) atoms. The van der Waals surface area contributed by atoms with Gasteiger partial charge in [0.25, 0.3) is 5.95 Å². The lowest BCUT2D eigenvalue weighted by atomic mass is 9.93. The van der Waals surface area contributed by atoms with E-state index in [2.05, 4.69) is 64.0 Å². The van der Waals surface area contributed by atoms with Crippen molar-refractivity contribution in [2.24, 2.45) is 0 Å². The predicted molar refractivity (Wildman–Crippen MR) is 132 cm³/mol. The van der Waals surface area contributed by atoms with Gasteiger partial charge in [-0.05, 0) is 42.2 Å². The highest BCUT2D eigenvalue weighted by molar-refractivity contribution is 5.90. The van der Waals surface area contributed by atoms with E-state index in [1.54, 1.807) is 7.11 Å². The van der Waals surface area contributed by atoms with Crippen LogP contribution in [0.15, 0.2) is 78.9 Å². The molecule has 0 unspecified atom stereocenters. The van der Waals surface area contributed by atoms with Crippen molar-refractivity contribution in [2.45, 2.75) is 31.8 Å². The second kappa shape index (κ2) is 9.39. The first kappa shape index (κ1) is 21.7. The lowest BCUT2D eigenvalue weighted by Crippen LogP contribution is -2.28. The molecule has 0 aliphatic carbocycles. The third-order valence-corrected chi connectivity index (χ3v) is 6.13. The van der Waals surface area contributed by atoms with Crippen molar-refractivity contribution in [1.82, 2.24) is 14.8 Å². The number of fused-ring (bicyclic) bond motifs is 1. The number of carbonyl (C=O) groups is 1. The molecule has 2 atom stereocenters. The number of nitrogens with one attached hydrogen (secondary N) is 2. The summed E-state index contributed by atoms with van der Waals surface area (Å²) in [5, 5.41) is 11.0. The number of methoxy groups -OCH3 is 1. The summed E-state index contributed by atoms with van der Waals surface area (Å²) in [4.78, 5) is 17.3. The number of ether oxygens (including phenoxy) is 1. The van der Waals surface area contributed by atoms with Gasteiger partial charge in [0.15, 0.2) is 0 Å². The summed E-state index contributed by atoms with van der Waals surface area (Å²) < 4.78 is 7.06. The number of anilines is 2. The van der Waals surface area contributed by atoms with E-state index in [0.29, 0.717) is 11.9 Å². The van der Waals surface area contributed by atoms with Gasteiger partial charge < -0.3 is 10.1 Å². The molecule has 0 bridgehead atoms. The quantitative estimate of drug-likeness (QED) is 0.433. The predicted octanol–water partition coefficient (Wildman–Crippen LogP) is 4.92. The molecule has 0 radical (unpaired) electrons. The monoisotopic (exact) mass is 453 g/mol. The van der Waals surface area contributed by atoms with E-state index < -0.39 is 0 Å². The smallest absolute Gasteiger partial charge is 0.250 e. The first-order valence-electron chi connectivity index (χ1n) is 11.4. The maximum absolute atomic E-state index is 12.7. The van der Waals surface area contributed by atoms with Crippen molar-refractivity contribution in [2.75, 3.05) is 17.7 Å². The fourth-order valence-electron chi connectivity index (χ4n) is 4.30. The van der Waals surface area contributed by atoms with E-state index in [1.165, 1.54) is 11.1 Å². The van der Waals surface area contributed by atoms with E-state index in [9.17, 15) is 4.79 Å². The van der Waals surface area contributed by atoms with Crippen LogP contribution in [0.4, 0.5) is 11.9 Å². The fourth-order valence-corrected chi connectivity index (χ4v) is 4.30. The molecule has 5 rings (SSSR count). The van der Waals surface area contributed by atoms with Gasteiger partial charge in [-0.1, -0.05) is 72.3 Å². The molecule has 1 amide bonds. The molecule has 0 saturated heterocycles. The van der Waals surface area contributed by atoms with E-state index >= 15 is 0 Å². The highest BCUT2D eigenvalue weighted by Gasteiger charge is 2.31. The van der Waals surface area contributed by atoms with Crippen molar-refractivity contribution in [3.8, 4) is 5.75 Å². The van der Waals surface area contributed by atoms with Crippen LogP contribution in [0.3, 0.4) is 0 Å². The molecular weight excluding hydrogens is 426 g/mol. The van der Waals surface area contributed by atoms with Crippen LogP contribution in [-0.4, -0.2) is 27.8 Å². The molecule has 1 aromatic heterocycles. The van der Waals surface area contributed by atoms with Gasteiger partial charge >= 0.3 is 0 Å². The van der Waals surface area contributed by atoms with Crippen LogP contribution in [0.5, 0.6) is 5.75 Å². The minimum absolute atomic E-state index is 0.00323. The van der Waals surface area contributed by atoms with Gasteiger partial charge in [-0.25, -0.2) is 4.68 Å². The number of amides is 1. The number of carbonyl (C=O) groups excluding carboxylic acids is 1. The summed E-state index contributed by atoms with van der Waals surface area (Å²) in [5.41, 5.74) is 4.47.